The zero-order chi connectivity index (χ0) is 18.1. The second-order valence-electron chi connectivity index (χ2n) is 4.83. The Morgan fingerprint density at radius 2 is 1.24 bits per heavy atom. The van der Waals surface area contributed by atoms with Crippen LogP contribution in [0.25, 0.3) is 0 Å². The highest BCUT2D eigenvalue weighted by molar-refractivity contribution is 6.20. The first-order chi connectivity index (χ1) is 12.1. The Bertz CT molecular complexity index is 670. The minimum Gasteiger partial charge on any atom is -0.526 e. The lowest BCUT2D eigenvalue weighted by atomic mass is 10.2. The van der Waals surface area contributed by atoms with E-state index >= 15 is 0 Å². The summed E-state index contributed by atoms with van der Waals surface area (Å²) in [4.78, 5) is 23.4. The van der Waals surface area contributed by atoms with Gasteiger partial charge in [0.05, 0.1) is 24.3 Å². The molecule has 0 spiro atoms. The van der Waals surface area contributed by atoms with Crippen LogP contribution in [0.15, 0.2) is 48.5 Å². The molecule has 0 bridgehead atoms. The van der Waals surface area contributed by atoms with Crippen molar-refractivity contribution in [1.82, 2.24) is 0 Å². The molecule has 0 fully saturated rings. The quantitative estimate of drug-likeness (QED) is 0.543. The average molecular weight is 341 g/mol. The summed E-state index contributed by atoms with van der Waals surface area (Å²) >= 11 is 0. The molecule has 0 amide bonds. The molecule has 6 nitrogen and oxygen atoms in total. The predicted molar refractivity (Wildman–Crippen MR) is 91.8 cm³/mol. The molecule has 1 radical (unpaired) electrons. The summed E-state index contributed by atoms with van der Waals surface area (Å²) in [5.74, 6) is 0.00575. The molecule has 0 saturated heterocycles. The third-order valence-corrected chi connectivity index (χ3v) is 3.06. The van der Waals surface area contributed by atoms with E-state index in [0.717, 1.165) is 7.69 Å². The SMILES string of the molecule is CCOC(=O)c1cccc(O[B]Oc2cccc(C(=O)OCC)c2)c1. The van der Waals surface area contributed by atoms with Gasteiger partial charge >= 0.3 is 19.6 Å². The molecular weight excluding hydrogens is 323 g/mol. The van der Waals surface area contributed by atoms with Crippen LogP contribution in [0.1, 0.15) is 34.6 Å². The molecule has 2 aromatic rings. The van der Waals surface area contributed by atoms with Gasteiger partial charge in [0.2, 0.25) is 0 Å². The lowest BCUT2D eigenvalue weighted by Crippen LogP contribution is -2.12. The fourth-order valence-electron chi connectivity index (χ4n) is 1.96. The second-order valence-corrected chi connectivity index (χ2v) is 4.83. The van der Waals surface area contributed by atoms with Crippen molar-refractivity contribution in [3.63, 3.8) is 0 Å². The molecule has 25 heavy (non-hydrogen) atoms. The summed E-state index contributed by atoms with van der Waals surface area (Å²) in [5.41, 5.74) is 0.772. The van der Waals surface area contributed by atoms with Crippen molar-refractivity contribution in [2.24, 2.45) is 0 Å². The van der Waals surface area contributed by atoms with Crippen molar-refractivity contribution in [2.45, 2.75) is 13.8 Å². The number of hydrogen-bond acceptors (Lipinski definition) is 6. The maximum Gasteiger partial charge on any atom is 0.658 e. The lowest BCUT2D eigenvalue weighted by molar-refractivity contribution is 0.0516. The van der Waals surface area contributed by atoms with Crippen LogP contribution in [0.5, 0.6) is 11.5 Å². The van der Waals surface area contributed by atoms with E-state index in [-0.39, 0.29) is 0 Å². The van der Waals surface area contributed by atoms with Gasteiger partial charge in [0, 0.05) is 0 Å². The molecule has 0 atom stereocenters. The normalized spacial score (nSPS) is 9.84. The second kappa shape index (κ2) is 9.37. The van der Waals surface area contributed by atoms with E-state index in [1.165, 1.54) is 0 Å². The summed E-state index contributed by atoms with van der Waals surface area (Å²) in [6.07, 6.45) is 0. The summed E-state index contributed by atoms with van der Waals surface area (Å²) in [5, 5.41) is 0. The van der Waals surface area contributed by atoms with E-state index in [1.54, 1.807) is 62.4 Å². The number of carbonyl (C=O) groups excluding carboxylic acids is 2. The van der Waals surface area contributed by atoms with Gasteiger partial charge in [0.1, 0.15) is 11.5 Å². The molecule has 7 heteroatoms. The number of rotatable bonds is 8. The number of carbonyl (C=O) groups is 2. The smallest absolute Gasteiger partial charge is 0.526 e. The topological polar surface area (TPSA) is 71.1 Å². The van der Waals surface area contributed by atoms with Crippen LogP contribution in [-0.2, 0) is 9.47 Å². The Balaban J connectivity index is 1.92. The number of esters is 2. The molecule has 0 unspecified atom stereocenters. The van der Waals surface area contributed by atoms with Gasteiger partial charge in [-0.3, -0.25) is 0 Å². The van der Waals surface area contributed by atoms with Crippen molar-refractivity contribution >= 4 is 19.6 Å². The molecule has 0 aliphatic heterocycles. The summed E-state index contributed by atoms with van der Waals surface area (Å²) in [7, 11) is 1.12. The molecule has 129 valence electrons. The maximum absolute atomic E-state index is 11.7. The maximum atomic E-state index is 11.7. The Hall–Kier alpha value is -2.96. The molecule has 0 aromatic heterocycles. The van der Waals surface area contributed by atoms with Crippen LogP contribution in [0, 0.1) is 0 Å². The van der Waals surface area contributed by atoms with Gasteiger partial charge in [-0.2, -0.15) is 0 Å². The highest BCUT2D eigenvalue weighted by Gasteiger charge is 2.10. The number of hydrogen-bond donors (Lipinski definition) is 0. The van der Waals surface area contributed by atoms with E-state index < -0.39 is 11.9 Å². The van der Waals surface area contributed by atoms with Gasteiger partial charge in [-0.15, -0.1) is 0 Å². The molecule has 0 aliphatic rings. The first kappa shape index (κ1) is 18.4. The van der Waals surface area contributed by atoms with Crippen LogP contribution in [0.2, 0.25) is 0 Å². The van der Waals surface area contributed by atoms with Crippen LogP contribution in [0.4, 0.5) is 0 Å². The van der Waals surface area contributed by atoms with Crippen molar-refractivity contribution in [3.8, 4) is 11.5 Å². The molecule has 0 saturated carbocycles. The minimum absolute atomic E-state index is 0.302. The first-order valence-electron chi connectivity index (χ1n) is 7.83. The van der Waals surface area contributed by atoms with Gasteiger partial charge in [-0.25, -0.2) is 9.59 Å². The number of benzene rings is 2. The first-order valence-corrected chi connectivity index (χ1v) is 7.83. The third kappa shape index (κ3) is 5.56. The van der Waals surface area contributed by atoms with Gasteiger partial charge in [0.15, 0.2) is 0 Å². The van der Waals surface area contributed by atoms with Gasteiger partial charge < -0.3 is 18.8 Å². The van der Waals surface area contributed by atoms with Crippen molar-refractivity contribution in [2.75, 3.05) is 13.2 Å². The van der Waals surface area contributed by atoms with Gasteiger partial charge in [0.25, 0.3) is 0 Å². The lowest BCUT2D eigenvalue weighted by Gasteiger charge is -2.09. The molecule has 0 aliphatic carbocycles. The predicted octanol–water partition coefficient (Wildman–Crippen LogP) is 3.03. The summed E-state index contributed by atoms with van der Waals surface area (Å²) in [6.45, 7) is 4.08. The van der Waals surface area contributed by atoms with Crippen molar-refractivity contribution in [3.05, 3.63) is 59.7 Å². The Morgan fingerprint density at radius 1 is 0.800 bits per heavy atom. The van der Waals surface area contributed by atoms with E-state index in [9.17, 15) is 9.59 Å². The van der Waals surface area contributed by atoms with Gasteiger partial charge in [-0.1, -0.05) is 12.1 Å². The molecule has 2 rings (SSSR count). The van der Waals surface area contributed by atoms with Crippen LogP contribution in [-0.4, -0.2) is 32.8 Å². The minimum atomic E-state index is -0.420. The summed E-state index contributed by atoms with van der Waals surface area (Å²) in [6, 6.07) is 13.1. The van der Waals surface area contributed by atoms with Crippen molar-refractivity contribution < 1.29 is 28.4 Å². The Kier molecular flexibility index (Phi) is 6.89. The zero-order valence-electron chi connectivity index (χ0n) is 14.1. The molecule has 0 heterocycles. The van der Waals surface area contributed by atoms with E-state index in [2.05, 4.69) is 0 Å². The van der Waals surface area contributed by atoms with Crippen LogP contribution in [0.3, 0.4) is 0 Å². The fraction of sp³-hybridized carbons (Fsp3) is 0.222. The Morgan fingerprint density at radius 3 is 1.64 bits per heavy atom. The van der Waals surface area contributed by atoms with E-state index in [1.807, 2.05) is 0 Å². The monoisotopic (exact) mass is 341 g/mol. The van der Waals surface area contributed by atoms with Crippen molar-refractivity contribution in [1.29, 1.82) is 0 Å². The fourth-order valence-corrected chi connectivity index (χ4v) is 1.96. The zero-order valence-corrected chi connectivity index (χ0v) is 14.1. The Labute approximate surface area is 147 Å². The van der Waals surface area contributed by atoms with E-state index in [0.29, 0.717) is 35.8 Å². The third-order valence-electron chi connectivity index (χ3n) is 3.06. The largest absolute Gasteiger partial charge is 0.658 e. The molecular formula is C18H18BO6. The number of ether oxygens (including phenoxy) is 2. The molecule has 0 N–H and O–H groups in total. The van der Waals surface area contributed by atoms with E-state index in [4.69, 9.17) is 18.8 Å². The highest BCUT2D eigenvalue weighted by atomic mass is 16.6. The van der Waals surface area contributed by atoms with Crippen LogP contribution >= 0.6 is 0 Å². The summed E-state index contributed by atoms with van der Waals surface area (Å²) < 4.78 is 20.6. The highest BCUT2D eigenvalue weighted by Crippen LogP contribution is 2.16. The average Bonchev–Trinajstić information content (AvgIpc) is 2.63. The van der Waals surface area contributed by atoms with Gasteiger partial charge in [-0.05, 0) is 50.2 Å². The standard InChI is InChI=1S/C18H18BO6/c1-3-22-17(20)13-7-5-9-15(11-13)24-19-25-16-10-6-8-14(12-16)18(21)23-4-2/h5-12H,3-4H2,1-2H3. The van der Waals surface area contributed by atoms with Crippen LogP contribution < -0.4 is 9.31 Å². The molecule has 2 aromatic carbocycles.